The first kappa shape index (κ1) is 28.6. The van der Waals surface area contributed by atoms with Crippen LogP contribution in [0.25, 0.3) is 0 Å². The van der Waals surface area contributed by atoms with Crippen molar-refractivity contribution >= 4 is 0 Å². The van der Waals surface area contributed by atoms with Crippen LogP contribution in [0.3, 0.4) is 0 Å². The molecule has 0 rings (SSSR count). The molecule has 0 spiro atoms. The Bertz CT molecular complexity index is 332. The van der Waals surface area contributed by atoms with E-state index in [0.717, 1.165) is 25.7 Å². The van der Waals surface area contributed by atoms with E-state index in [-0.39, 0.29) is 0 Å². The molecule has 0 aromatic rings. The van der Waals surface area contributed by atoms with Crippen molar-refractivity contribution in [3.05, 3.63) is 13.8 Å². The Balaban J connectivity index is 3.06. The lowest BCUT2D eigenvalue weighted by Crippen LogP contribution is -1.83. The Morgan fingerprint density at radius 2 is 0.483 bits per heavy atom. The van der Waals surface area contributed by atoms with Gasteiger partial charge in [-0.05, 0) is 12.8 Å². The second-order valence-electron chi connectivity index (χ2n) is 8.99. The second kappa shape index (κ2) is 27.6. The minimum absolute atomic E-state index is 1.10. The standard InChI is InChI=1S/C29H54/c1-3-5-7-9-11-13-15-17-19-21-23-25-27-29-28-26-24-22-20-18-16-14-12-10-8-6-4-2/h1-17,19,21-29H2. The van der Waals surface area contributed by atoms with Gasteiger partial charge in [0.2, 0.25) is 0 Å². The van der Waals surface area contributed by atoms with Crippen molar-refractivity contribution in [1.29, 1.82) is 0 Å². The zero-order valence-corrected chi connectivity index (χ0v) is 20.1. The first-order chi connectivity index (χ1) is 14.4. The Hall–Kier alpha value is -0.440. The predicted molar refractivity (Wildman–Crippen MR) is 134 cm³/mol. The minimum Gasteiger partial charge on any atom is -0.103 e. The van der Waals surface area contributed by atoms with Gasteiger partial charge in [0.1, 0.15) is 0 Å². The maximum absolute atomic E-state index is 3.91. The topological polar surface area (TPSA) is 0 Å². The van der Waals surface area contributed by atoms with Gasteiger partial charge in [0.15, 0.2) is 0 Å². The molecule has 0 bridgehead atoms. The molecule has 0 unspecified atom stereocenters. The van der Waals surface area contributed by atoms with Gasteiger partial charge in [0.05, 0.1) is 0 Å². The van der Waals surface area contributed by atoms with Crippen molar-refractivity contribution in [2.75, 3.05) is 0 Å². The van der Waals surface area contributed by atoms with Crippen molar-refractivity contribution in [1.82, 2.24) is 0 Å². The number of rotatable bonds is 23. The molecule has 2 radical (unpaired) electrons. The first-order valence-corrected chi connectivity index (χ1v) is 13.5. The van der Waals surface area contributed by atoms with Gasteiger partial charge >= 0.3 is 0 Å². The van der Waals surface area contributed by atoms with Crippen LogP contribution in [0.2, 0.25) is 0 Å². The maximum atomic E-state index is 3.91. The highest BCUT2D eigenvalue weighted by molar-refractivity contribution is 4.98. The molecule has 0 saturated heterocycles. The summed E-state index contributed by atoms with van der Waals surface area (Å²) in [5.74, 6) is 6.74. The molecular formula is C29H54. The molecule has 0 aliphatic heterocycles. The summed E-state index contributed by atoms with van der Waals surface area (Å²) in [6.45, 7) is 7.80. The normalized spacial score (nSPS) is 10.8. The summed E-state index contributed by atoms with van der Waals surface area (Å²) >= 11 is 0. The maximum Gasteiger partial charge on any atom is 0.00886 e. The highest BCUT2D eigenvalue weighted by Gasteiger charge is 1.94. The Morgan fingerprint density at radius 1 is 0.276 bits per heavy atom. The van der Waals surface area contributed by atoms with Gasteiger partial charge in [0, 0.05) is 12.8 Å². The van der Waals surface area contributed by atoms with E-state index in [4.69, 9.17) is 0 Å². The summed E-state index contributed by atoms with van der Waals surface area (Å²) in [6, 6.07) is 0. The van der Waals surface area contributed by atoms with Gasteiger partial charge in [0.25, 0.3) is 0 Å². The highest BCUT2D eigenvalue weighted by atomic mass is 14.0. The van der Waals surface area contributed by atoms with Crippen LogP contribution < -0.4 is 0 Å². The van der Waals surface area contributed by atoms with Crippen LogP contribution in [-0.4, -0.2) is 0 Å². The van der Waals surface area contributed by atoms with Gasteiger partial charge in [-0.25, -0.2) is 0 Å². The zero-order chi connectivity index (χ0) is 21.1. The monoisotopic (exact) mass is 402 g/mol. The van der Waals surface area contributed by atoms with E-state index < -0.39 is 0 Å². The van der Waals surface area contributed by atoms with Crippen LogP contribution in [0.15, 0.2) is 0 Å². The van der Waals surface area contributed by atoms with Gasteiger partial charge in [-0.15, -0.1) is 11.8 Å². The van der Waals surface area contributed by atoms with Crippen LogP contribution in [-0.2, 0) is 0 Å². The van der Waals surface area contributed by atoms with Crippen LogP contribution in [0.5, 0.6) is 0 Å². The number of hydrogen-bond acceptors (Lipinski definition) is 0. The molecule has 0 atom stereocenters. The zero-order valence-electron chi connectivity index (χ0n) is 20.1. The lowest BCUT2D eigenvalue weighted by Gasteiger charge is -2.03. The van der Waals surface area contributed by atoms with Crippen molar-refractivity contribution < 1.29 is 0 Å². The van der Waals surface area contributed by atoms with E-state index in [1.807, 2.05) is 0 Å². The highest BCUT2D eigenvalue weighted by Crippen LogP contribution is 2.14. The summed E-state index contributed by atoms with van der Waals surface area (Å²) in [6.07, 6.45) is 34.0. The molecule has 0 aliphatic rings. The number of unbranched alkanes of at least 4 members (excludes halogenated alkanes) is 23. The third kappa shape index (κ3) is 27.6. The van der Waals surface area contributed by atoms with Crippen molar-refractivity contribution in [3.8, 4) is 11.8 Å². The summed E-state index contributed by atoms with van der Waals surface area (Å²) in [7, 11) is 0. The largest absolute Gasteiger partial charge is 0.103 e. The average molecular weight is 403 g/mol. The molecular weight excluding hydrogens is 348 g/mol. The fraction of sp³-hybridized carbons (Fsp3) is 0.862. The predicted octanol–water partition coefficient (Wildman–Crippen LogP) is 10.4. The Kier molecular flexibility index (Phi) is 27.1. The van der Waals surface area contributed by atoms with Gasteiger partial charge in [-0.2, -0.15) is 0 Å². The van der Waals surface area contributed by atoms with Gasteiger partial charge < -0.3 is 0 Å². The third-order valence-corrected chi connectivity index (χ3v) is 5.98. The second-order valence-corrected chi connectivity index (χ2v) is 8.99. The first-order valence-electron chi connectivity index (χ1n) is 13.5. The molecule has 29 heavy (non-hydrogen) atoms. The fourth-order valence-corrected chi connectivity index (χ4v) is 3.96. The fourth-order valence-electron chi connectivity index (χ4n) is 3.96. The summed E-state index contributed by atoms with van der Waals surface area (Å²) < 4.78 is 0. The molecule has 0 fully saturated rings. The smallest absolute Gasteiger partial charge is 0.00886 e. The van der Waals surface area contributed by atoms with Gasteiger partial charge in [-0.3, -0.25) is 0 Å². The van der Waals surface area contributed by atoms with Crippen LogP contribution in [0.1, 0.15) is 161 Å². The molecule has 0 heterocycles. The molecule has 0 N–H and O–H groups in total. The minimum atomic E-state index is 1.10. The van der Waals surface area contributed by atoms with E-state index in [1.54, 1.807) is 0 Å². The third-order valence-electron chi connectivity index (χ3n) is 5.98. The molecule has 0 aromatic heterocycles. The lowest BCUT2D eigenvalue weighted by molar-refractivity contribution is 0.529. The summed E-state index contributed by atoms with van der Waals surface area (Å²) in [5.41, 5.74) is 0. The molecule has 170 valence electrons. The summed E-state index contributed by atoms with van der Waals surface area (Å²) in [5, 5.41) is 0. The number of hydrogen-bond donors (Lipinski definition) is 0. The Morgan fingerprint density at radius 3 is 0.724 bits per heavy atom. The van der Waals surface area contributed by atoms with Gasteiger partial charge in [-0.1, -0.05) is 149 Å². The van der Waals surface area contributed by atoms with Crippen LogP contribution in [0.4, 0.5) is 0 Å². The molecule has 0 nitrogen and oxygen atoms in total. The van der Waals surface area contributed by atoms with Crippen LogP contribution in [0, 0.1) is 25.7 Å². The molecule has 0 aromatic carbocycles. The molecule has 0 saturated carbocycles. The van der Waals surface area contributed by atoms with Crippen molar-refractivity contribution in [2.45, 2.75) is 161 Å². The van der Waals surface area contributed by atoms with Crippen LogP contribution >= 0.6 is 0 Å². The van der Waals surface area contributed by atoms with Crippen molar-refractivity contribution in [2.24, 2.45) is 0 Å². The van der Waals surface area contributed by atoms with E-state index in [1.165, 1.54) is 135 Å². The lowest BCUT2D eigenvalue weighted by atomic mass is 10.0. The summed E-state index contributed by atoms with van der Waals surface area (Å²) in [4.78, 5) is 0. The van der Waals surface area contributed by atoms with Crippen molar-refractivity contribution in [3.63, 3.8) is 0 Å². The average Bonchev–Trinajstić information content (AvgIpc) is 2.74. The molecule has 0 heteroatoms. The molecule has 0 aliphatic carbocycles. The quantitative estimate of drug-likeness (QED) is 0.118. The molecule has 0 amide bonds. The SMILES string of the molecule is [CH2]CCCCCCCC#CCCCCCCCCCCCCCCCCCC[CH2]. The van der Waals surface area contributed by atoms with E-state index >= 15 is 0 Å². The Labute approximate surface area is 186 Å². The van der Waals surface area contributed by atoms with E-state index in [2.05, 4.69) is 25.7 Å². The van der Waals surface area contributed by atoms with E-state index in [9.17, 15) is 0 Å². The van der Waals surface area contributed by atoms with E-state index in [0.29, 0.717) is 0 Å².